The van der Waals surface area contributed by atoms with Crippen LogP contribution in [0.2, 0.25) is 0 Å². The average Bonchev–Trinajstić information content (AvgIpc) is 2.92. The van der Waals surface area contributed by atoms with Gasteiger partial charge in [-0.25, -0.2) is 4.57 Å². The zero-order valence-electron chi connectivity index (χ0n) is 21.8. The predicted molar refractivity (Wildman–Crippen MR) is 154 cm³/mol. The van der Waals surface area contributed by atoms with E-state index < -0.39 is 0 Å². The summed E-state index contributed by atoms with van der Waals surface area (Å²) in [5.74, 6) is 2.51. The number of ether oxygens (including phenoxy) is 1. The average molecular weight is 481 g/mol. The fourth-order valence-corrected chi connectivity index (χ4v) is 6.21. The molecule has 2 heteroatoms. The summed E-state index contributed by atoms with van der Waals surface area (Å²) in [5.41, 5.74) is 7.54. The van der Waals surface area contributed by atoms with Gasteiger partial charge in [-0.15, -0.1) is 0 Å². The van der Waals surface area contributed by atoms with Gasteiger partial charge in [0.05, 0.1) is 10.9 Å². The third-order valence-electron chi connectivity index (χ3n) is 7.90. The quantitative estimate of drug-likeness (QED) is 0.182. The number of hydrogen-bond donors (Lipinski definition) is 0. The van der Waals surface area contributed by atoms with Crippen LogP contribution < -0.4 is 9.30 Å². The molecule has 0 saturated heterocycles. The first-order valence-electron chi connectivity index (χ1n) is 13.2. The summed E-state index contributed by atoms with van der Waals surface area (Å²) in [6.45, 7) is 6.83. The van der Waals surface area contributed by atoms with Crippen molar-refractivity contribution in [2.24, 2.45) is 13.0 Å². The second-order valence-corrected chi connectivity index (χ2v) is 10.8. The van der Waals surface area contributed by atoms with E-state index in [1.54, 1.807) is 0 Å². The summed E-state index contributed by atoms with van der Waals surface area (Å²) < 4.78 is 9.21. The number of rotatable bonds is 3. The van der Waals surface area contributed by atoms with Gasteiger partial charge < -0.3 is 4.74 Å². The molecule has 1 aromatic heterocycles. The molecule has 1 aliphatic rings. The van der Waals surface area contributed by atoms with Gasteiger partial charge in [0, 0.05) is 17.0 Å². The van der Waals surface area contributed by atoms with Crippen molar-refractivity contribution in [3.63, 3.8) is 0 Å². The molecule has 0 bridgehead atoms. The molecule has 6 aromatic rings. The fourth-order valence-electron chi connectivity index (χ4n) is 6.21. The zero-order valence-corrected chi connectivity index (χ0v) is 21.8. The normalized spacial score (nSPS) is 12.4. The van der Waals surface area contributed by atoms with Crippen LogP contribution in [0.25, 0.3) is 54.7 Å². The Morgan fingerprint density at radius 3 is 2.30 bits per heavy atom. The lowest BCUT2D eigenvalue weighted by molar-refractivity contribution is -0.659. The van der Waals surface area contributed by atoms with Gasteiger partial charge in [-0.2, -0.15) is 0 Å². The standard InChI is InChI=1S/C35H30NO/c1-21(2)18-30-27-13-9-8-12-26(27)22(3)32-34-33-28(16-17-36(34)4)29-19-24(23-10-6-5-7-11-23)14-15-25(29)20-31(33)37-35(30)32/h5-17,19-21H,18H2,1-4H3/q+1. The van der Waals surface area contributed by atoms with E-state index in [9.17, 15) is 0 Å². The van der Waals surface area contributed by atoms with Gasteiger partial charge in [-0.3, -0.25) is 0 Å². The van der Waals surface area contributed by atoms with Crippen LogP contribution >= 0.6 is 0 Å². The number of hydrogen-bond acceptors (Lipinski definition) is 1. The third-order valence-corrected chi connectivity index (χ3v) is 7.90. The Morgan fingerprint density at radius 1 is 0.757 bits per heavy atom. The minimum Gasteiger partial charge on any atom is -0.455 e. The Morgan fingerprint density at radius 2 is 1.51 bits per heavy atom. The summed E-state index contributed by atoms with van der Waals surface area (Å²) in [6, 6.07) is 30.7. The first kappa shape index (κ1) is 22.1. The summed E-state index contributed by atoms with van der Waals surface area (Å²) in [7, 11) is 2.16. The second-order valence-electron chi connectivity index (χ2n) is 10.8. The number of nitrogens with zero attached hydrogens (tertiary/aromatic N) is 1. The highest BCUT2D eigenvalue weighted by molar-refractivity contribution is 6.16. The Balaban J connectivity index is 1.60. The van der Waals surface area contributed by atoms with Gasteiger partial charge >= 0.3 is 0 Å². The van der Waals surface area contributed by atoms with Gasteiger partial charge in [0.2, 0.25) is 5.69 Å². The molecule has 0 atom stereocenters. The van der Waals surface area contributed by atoms with Crippen molar-refractivity contribution in [2.75, 3.05) is 0 Å². The van der Waals surface area contributed by atoms with Gasteiger partial charge in [0.15, 0.2) is 6.20 Å². The van der Waals surface area contributed by atoms with Crippen molar-refractivity contribution in [3.05, 3.63) is 102 Å². The van der Waals surface area contributed by atoms with Crippen LogP contribution in [0, 0.1) is 12.8 Å². The smallest absolute Gasteiger partial charge is 0.228 e. The topological polar surface area (TPSA) is 13.1 Å². The molecule has 7 rings (SSSR count). The van der Waals surface area contributed by atoms with E-state index in [0.29, 0.717) is 5.92 Å². The van der Waals surface area contributed by atoms with Gasteiger partial charge in [0.25, 0.3) is 0 Å². The summed E-state index contributed by atoms with van der Waals surface area (Å²) in [5, 5.41) is 7.52. The largest absolute Gasteiger partial charge is 0.455 e. The predicted octanol–water partition coefficient (Wildman–Crippen LogP) is 8.92. The maximum atomic E-state index is 6.94. The molecular formula is C35H30NO+. The SMILES string of the molecule is Cc1c2c(c(CC(C)C)c3ccccc13)Oc1cc3ccc(-c4ccccc4)cc3c3cc[n+](C)c-2c13. The lowest BCUT2D eigenvalue weighted by Gasteiger charge is -2.26. The maximum absolute atomic E-state index is 6.94. The van der Waals surface area contributed by atoms with E-state index >= 15 is 0 Å². The van der Waals surface area contributed by atoms with Gasteiger partial charge in [-0.05, 0) is 69.6 Å². The molecule has 0 aliphatic carbocycles. The van der Waals surface area contributed by atoms with Crippen molar-refractivity contribution < 1.29 is 9.30 Å². The molecule has 2 nitrogen and oxygen atoms in total. The van der Waals surface area contributed by atoms with Crippen molar-refractivity contribution in [1.82, 2.24) is 0 Å². The highest BCUT2D eigenvalue weighted by Crippen LogP contribution is 2.52. The van der Waals surface area contributed by atoms with E-state index in [-0.39, 0.29) is 0 Å². The van der Waals surface area contributed by atoms with E-state index in [0.717, 1.165) is 17.9 Å². The van der Waals surface area contributed by atoms with Crippen LogP contribution in [0.5, 0.6) is 11.5 Å². The van der Waals surface area contributed by atoms with Crippen molar-refractivity contribution in [1.29, 1.82) is 0 Å². The Labute approximate surface area is 217 Å². The molecule has 0 N–H and O–H groups in total. The van der Waals surface area contributed by atoms with Gasteiger partial charge in [0.1, 0.15) is 18.5 Å². The highest BCUT2D eigenvalue weighted by Gasteiger charge is 2.33. The molecule has 1 aliphatic heterocycles. The van der Waals surface area contributed by atoms with E-state index in [4.69, 9.17) is 4.74 Å². The van der Waals surface area contributed by atoms with E-state index in [1.165, 1.54) is 65.8 Å². The summed E-state index contributed by atoms with van der Waals surface area (Å²) in [6.07, 6.45) is 3.19. The molecule has 0 amide bonds. The van der Waals surface area contributed by atoms with Crippen LogP contribution in [0.3, 0.4) is 0 Å². The van der Waals surface area contributed by atoms with Crippen LogP contribution in [0.1, 0.15) is 25.0 Å². The number of pyridine rings is 1. The van der Waals surface area contributed by atoms with Crippen LogP contribution in [0.4, 0.5) is 0 Å². The molecule has 0 spiro atoms. The molecule has 0 fully saturated rings. The van der Waals surface area contributed by atoms with Crippen LogP contribution in [-0.2, 0) is 13.5 Å². The first-order valence-corrected chi connectivity index (χ1v) is 13.2. The molecule has 5 aromatic carbocycles. The first-order chi connectivity index (χ1) is 18.0. The van der Waals surface area contributed by atoms with E-state index in [1.807, 2.05) is 0 Å². The Kier molecular flexibility index (Phi) is 4.87. The van der Waals surface area contributed by atoms with Crippen molar-refractivity contribution >= 4 is 32.3 Å². The van der Waals surface area contributed by atoms with E-state index in [2.05, 4.69) is 124 Å². The molecule has 37 heavy (non-hydrogen) atoms. The molecule has 0 unspecified atom stereocenters. The molecular weight excluding hydrogens is 450 g/mol. The van der Waals surface area contributed by atoms with Crippen molar-refractivity contribution in [3.8, 4) is 33.9 Å². The summed E-state index contributed by atoms with van der Waals surface area (Å²) >= 11 is 0. The monoisotopic (exact) mass is 480 g/mol. The fraction of sp³-hybridized carbons (Fsp3) is 0.171. The summed E-state index contributed by atoms with van der Waals surface area (Å²) in [4.78, 5) is 0. The number of benzene rings is 5. The third kappa shape index (κ3) is 3.29. The lowest BCUT2D eigenvalue weighted by atomic mass is 9.85. The Bertz CT molecular complexity index is 1870. The minimum absolute atomic E-state index is 0.526. The number of fused-ring (bicyclic) bond motifs is 5. The van der Waals surface area contributed by atoms with Gasteiger partial charge in [-0.1, -0.05) is 80.6 Å². The second kappa shape index (κ2) is 8.18. The highest BCUT2D eigenvalue weighted by atomic mass is 16.5. The zero-order chi connectivity index (χ0) is 25.3. The maximum Gasteiger partial charge on any atom is 0.228 e. The number of aryl methyl sites for hydroxylation is 2. The molecule has 0 radical (unpaired) electrons. The number of aromatic nitrogens is 1. The lowest BCUT2D eigenvalue weighted by Crippen LogP contribution is -2.32. The minimum atomic E-state index is 0.526. The molecule has 0 saturated carbocycles. The molecule has 180 valence electrons. The van der Waals surface area contributed by atoms with Crippen LogP contribution in [0.15, 0.2) is 91.1 Å². The Hall–Kier alpha value is -4.17. The van der Waals surface area contributed by atoms with Crippen molar-refractivity contribution in [2.45, 2.75) is 27.2 Å². The molecule has 2 heterocycles. The van der Waals surface area contributed by atoms with Crippen LogP contribution in [-0.4, -0.2) is 0 Å².